The maximum Gasteiger partial charge on any atom is 0.194 e. The van der Waals surface area contributed by atoms with Gasteiger partial charge < -0.3 is 0 Å². The van der Waals surface area contributed by atoms with Crippen LogP contribution in [-0.2, 0) is 0 Å². The van der Waals surface area contributed by atoms with Crippen molar-refractivity contribution in [3.63, 3.8) is 0 Å². The van der Waals surface area contributed by atoms with Crippen LogP contribution in [0.5, 0.6) is 0 Å². The van der Waals surface area contributed by atoms with Crippen molar-refractivity contribution in [3.8, 4) is 0 Å². The Balaban J connectivity index is 3.17. The van der Waals surface area contributed by atoms with Gasteiger partial charge in [-0.3, -0.25) is 0 Å². The third-order valence-corrected chi connectivity index (χ3v) is 1.63. The molecule has 0 heterocycles. The molecule has 0 nitrogen and oxygen atoms in total. The van der Waals surface area contributed by atoms with Crippen LogP contribution in [0.15, 0.2) is 22.7 Å². The molecule has 0 unspecified atom stereocenters. The van der Waals surface area contributed by atoms with E-state index >= 15 is 0 Å². The van der Waals surface area contributed by atoms with Gasteiger partial charge in [-0.1, -0.05) is 0 Å². The summed E-state index contributed by atoms with van der Waals surface area (Å²) in [4.78, 5) is 0. The first kappa shape index (κ1) is 6.62. The van der Waals surface area contributed by atoms with Gasteiger partial charge in [0, 0.05) is 19.1 Å². The molecule has 0 radical (unpaired) electrons. The molecule has 2 heteroatoms. The van der Waals surface area contributed by atoms with Gasteiger partial charge in [0.15, 0.2) is 5.82 Å². The standard InChI is InChI=1S/C7H5BrF/c1-5-2-3-6(8)7(9)4-5/h2-4H,1H2/q+1. The molecule has 0 atom stereocenters. The van der Waals surface area contributed by atoms with Crippen molar-refractivity contribution in [1.29, 1.82) is 0 Å². The normalized spacial score (nSPS) is 9.56. The predicted molar refractivity (Wildman–Crippen MR) is 38.6 cm³/mol. The maximum atomic E-state index is 12.5. The first-order chi connectivity index (χ1) is 4.20. The lowest BCUT2D eigenvalue weighted by Crippen LogP contribution is -1.77. The third-order valence-electron chi connectivity index (χ3n) is 0.984. The zero-order valence-corrected chi connectivity index (χ0v) is 6.28. The fraction of sp³-hybridized carbons (Fsp3) is 0. The molecule has 0 N–H and O–H groups in total. The Kier molecular flexibility index (Phi) is 1.76. The van der Waals surface area contributed by atoms with E-state index < -0.39 is 0 Å². The molecule has 0 saturated heterocycles. The maximum absolute atomic E-state index is 12.5. The lowest BCUT2D eigenvalue weighted by molar-refractivity contribution is 0.620. The Hall–Kier alpha value is -0.500. The second-order valence-corrected chi connectivity index (χ2v) is 2.60. The Morgan fingerprint density at radius 3 is 2.56 bits per heavy atom. The van der Waals surface area contributed by atoms with E-state index in [9.17, 15) is 4.39 Å². The highest BCUT2D eigenvalue weighted by atomic mass is 79.9. The van der Waals surface area contributed by atoms with E-state index in [1.165, 1.54) is 6.07 Å². The molecule has 0 fully saturated rings. The molecule has 0 bridgehead atoms. The van der Waals surface area contributed by atoms with E-state index in [0.29, 0.717) is 10.0 Å². The molecule has 0 aliphatic rings. The number of benzene rings is 1. The number of hydrogen-bond acceptors (Lipinski definition) is 0. The smallest absolute Gasteiger partial charge is 0.190 e. The lowest BCUT2D eigenvalue weighted by atomic mass is 10.2. The summed E-state index contributed by atoms with van der Waals surface area (Å²) in [6.07, 6.45) is 0. The third kappa shape index (κ3) is 1.45. The van der Waals surface area contributed by atoms with Crippen molar-refractivity contribution in [2.45, 2.75) is 0 Å². The van der Waals surface area contributed by atoms with Crippen molar-refractivity contribution in [2.75, 3.05) is 0 Å². The fourth-order valence-electron chi connectivity index (χ4n) is 0.540. The number of hydrogen-bond donors (Lipinski definition) is 0. The molecule has 46 valence electrons. The van der Waals surface area contributed by atoms with Crippen LogP contribution in [0.2, 0.25) is 0 Å². The second kappa shape index (κ2) is 2.40. The number of rotatable bonds is 0. The van der Waals surface area contributed by atoms with Gasteiger partial charge in [-0.2, -0.15) is 4.39 Å². The Morgan fingerprint density at radius 1 is 1.44 bits per heavy atom. The summed E-state index contributed by atoms with van der Waals surface area (Å²) >= 11 is 3.03. The topological polar surface area (TPSA) is 0 Å². The van der Waals surface area contributed by atoms with Gasteiger partial charge in [-0.05, 0) is 15.9 Å². The van der Waals surface area contributed by atoms with Crippen LogP contribution in [0.1, 0.15) is 5.56 Å². The van der Waals surface area contributed by atoms with Gasteiger partial charge in [0.1, 0.15) is 5.56 Å². The van der Waals surface area contributed by atoms with Crippen LogP contribution in [0.25, 0.3) is 0 Å². The molecule has 1 rings (SSSR count). The summed E-state index contributed by atoms with van der Waals surface area (Å²) in [5.41, 5.74) is 0.690. The quantitative estimate of drug-likeness (QED) is 0.549. The van der Waals surface area contributed by atoms with E-state index in [1.807, 2.05) is 0 Å². The van der Waals surface area contributed by atoms with Gasteiger partial charge in [-0.25, -0.2) is 0 Å². The minimum atomic E-state index is -0.262. The van der Waals surface area contributed by atoms with Crippen LogP contribution < -0.4 is 0 Å². The Bertz CT molecular complexity index is 220. The van der Waals surface area contributed by atoms with E-state index in [0.717, 1.165) is 0 Å². The van der Waals surface area contributed by atoms with Gasteiger partial charge in [0.2, 0.25) is 0 Å². The minimum Gasteiger partial charge on any atom is -0.190 e. The molecule has 9 heavy (non-hydrogen) atoms. The monoisotopic (exact) mass is 187 g/mol. The van der Waals surface area contributed by atoms with Crippen LogP contribution in [-0.4, -0.2) is 0 Å². The van der Waals surface area contributed by atoms with Crippen LogP contribution in [0, 0.1) is 12.7 Å². The molecular formula is C7H5BrF+. The Labute approximate surface area is 61.8 Å². The molecular weight excluding hydrogens is 183 g/mol. The number of halogens is 2. The highest BCUT2D eigenvalue weighted by Gasteiger charge is 2.02. The van der Waals surface area contributed by atoms with Crippen molar-refractivity contribution in [3.05, 3.63) is 41.0 Å². The molecule has 0 aliphatic heterocycles. The average molecular weight is 188 g/mol. The zero-order chi connectivity index (χ0) is 6.85. The predicted octanol–water partition coefficient (Wildman–Crippen LogP) is 2.77. The van der Waals surface area contributed by atoms with E-state index in [1.54, 1.807) is 12.1 Å². The van der Waals surface area contributed by atoms with Crippen LogP contribution in [0.3, 0.4) is 0 Å². The fourth-order valence-corrected chi connectivity index (χ4v) is 0.786. The van der Waals surface area contributed by atoms with Gasteiger partial charge >= 0.3 is 0 Å². The average Bonchev–Trinajstić information content (AvgIpc) is 1.80. The van der Waals surface area contributed by atoms with Gasteiger partial charge in [0.25, 0.3) is 0 Å². The highest BCUT2D eigenvalue weighted by molar-refractivity contribution is 9.10. The SMILES string of the molecule is [CH2+]c1ccc(Br)c(F)c1. The molecule has 1 aromatic carbocycles. The van der Waals surface area contributed by atoms with Crippen LogP contribution in [0.4, 0.5) is 4.39 Å². The first-order valence-corrected chi connectivity index (χ1v) is 3.26. The summed E-state index contributed by atoms with van der Waals surface area (Å²) < 4.78 is 13.0. The largest absolute Gasteiger partial charge is 0.194 e. The summed E-state index contributed by atoms with van der Waals surface area (Å²) in [5.74, 6) is -0.262. The summed E-state index contributed by atoms with van der Waals surface area (Å²) in [5, 5.41) is 0. The minimum absolute atomic E-state index is 0.262. The van der Waals surface area contributed by atoms with E-state index in [4.69, 9.17) is 0 Å². The van der Waals surface area contributed by atoms with E-state index in [-0.39, 0.29) is 5.82 Å². The molecule has 0 spiro atoms. The molecule has 1 aromatic rings. The highest BCUT2D eigenvalue weighted by Crippen LogP contribution is 2.15. The van der Waals surface area contributed by atoms with Crippen molar-refractivity contribution < 1.29 is 4.39 Å². The van der Waals surface area contributed by atoms with E-state index in [2.05, 4.69) is 22.9 Å². The van der Waals surface area contributed by atoms with Crippen LogP contribution >= 0.6 is 15.9 Å². The molecule has 0 saturated carbocycles. The summed E-state index contributed by atoms with van der Waals surface area (Å²) in [6, 6.07) is 4.76. The first-order valence-electron chi connectivity index (χ1n) is 2.47. The van der Waals surface area contributed by atoms with Gasteiger partial charge in [0.05, 0.1) is 10.5 Å². The second-order valence-electron chi connectivity index (χ2n) is 1.75. The van der Waals surface area contributed by atoms with Crippen molar-refractivity contribution >= 4 is 15.9 Å². The molecule has 0 aromatic heterocycles. The lowest BCUT2D eigenvalue weighted by Gasteiger charge is -1.86. The van der Waals surface area contributed by atoms with Crippen molar-refractivity contribution in [1.82, 2.24) is 0 Å². The summed E-state index contributed by atoms with van der Waals surface area (Å²) in [7, 11) is 0. The summed E-state index contributed by atoms with van der Waals surface area (Å²) in [6.45, 7) is 3.56. The van der Waals surface area contributed by atoms with Crippen molar-refractivity contribution in [2.24, 2.45) is 0 Å². The molecule has 0 aliphatic carbocycles. The Morgan fingerprint density at radius 2 is 2.11 bits per heavy atom. The van der Waals surface area contributed by atoms with Gasteiger partial charge in [-0.15, -0.1) is 0 Å². The molecule has 0 amide bonds. The zero-order valence-electron chi connectivity index (χ0n) is 4.70.